The van der Waals surface area contributed by atoms with Crippen LogP contribution in [0.2, 0.25) is 0 Å². The van der Waals surface area contributed by atoms with Crippen molar-refractivity contribution in [1.82, 2.24) is 0 Å². The number of benzene rings is 2. The molecule has 0 saturated carbocycles. The molecular formula is C17H16N2O5. The number of carbonyl (C=O) groups is 3. The maximum atomic E-state index is 11.6. The van der Waals surface area contributed by atoms with Crippen LogP contribution in [-0.2, 0) is 14.3 Å². The van der Waals surface area contributed by atoms with Crippen LogP contribution in [0.1, 0.15) is 10.4 Å². The lowest BCUT2D eigenvalue weighted by Crippen LogP contribution is -2.24. The maximum Gasteiger partial charge on any atom is 0.344 e. The van der Waals surface area contributed by atoms with Gasteiger partial charge in [-0.15, -0.1) is 0 Å². The molecule has 0 radical (unpaired) electrons. The van der Waals surface area contributed by atoms with Crippen LogP contribution in [0.3, 0.4) is 0 Å². The first-order valence-electron chi connectivity index (χ1n) is 7.08. The lowest BCUT2D eigenvalue weighted by Gasteiger charge is -2.09. The van der Waals surface area contributed by atoms with Crippen molar-refractivity contribution >= 4 is 23.5 Å². The third kappa shape index (κ3) is 5.13. The van der Waals surface area contributed by atoms with E-state index in [0.29, 0.717) is 5.69 Å². The molecule has 24 heavy (non-hydrogen) atoms. The van der Waals surface area contributed by atoms with Gasteiger partial charge in [0.05, 0.1) is 5.56 Å². The third-order valence-electron chi connectivity index (χ3n) is 2.92. The number of carbonyl (C=O) groups excluding carboxylic acids is 3. The molecule has 124 valence electrons. The highest BCUT2D eigenvalue weighted by atomic mass is 16.6. The largest absolute Gasteiger partial charge is 0.481 e. The minimum atomic E-state index is -0.738. The first kappa shape index (κ1) is 17.0. The van der Waals surface area contributed by atoms with Crippen LogP contribution in [0, 0.1) is 0 Å². The van der Waals surface area contributed by atoms with E-state index >= 15 is 0 Å². The molecule has 0 aliphatic rings. The van der Waals surface area contributed by atoms with Gasteiger partial charge in [-0.25, -0.2) is 4.79 Å². The molecule has 0 bridgehead atoms. The molecule has 0 aliphatic carbocycles. The second-order valence-electron chi connectivity index (χ2n) is 4.72. The van der Waals surface area contributed by atoms with Gasteiger partial charge in [0.2, 0.25) is 0 Å². The number of esters is 1. The van der Waals surface area contributed by atoms with Crippen molar-refractivity contribution in [2.75, 3.05) is 18.5 Å². The Hall–Kier alpha value is -3.35. The molecule has 7 heteroatoms. The van der Waals surface area contributed by atoms with Gasteiger partial charge in [0.15, 0.2) is 13.2 Å². The first-order valence-corrected chi connectivity index (χ1v) is 7.08. The van der Waals surface area contributed by atoms with Gasteiger partial charge in [-0.2, -0.15) is 0 Å². The highest BCUT2D eigenvalue weighted by molar-refractivity contribution is 5.95. The van der Waals surface area contributed by atoms with Crippen molar-refractivity contribution < 1.29 is 23.9 Å². The molecule has 2 amide bonds. The van der Waals surface area contributed by atoms with Crippen molar-refractivity contribution in [3.05, 3.63) is 60.2 Å². The van der Waals surface area contributed by atoms with Crippen LogP contribution in [0.5, 0.6) is 5.75 Å². The molecule has 7 nitrogen and oxygen atoms in total. The van der Waals surface area contributed by atoms with Gasteiger partial charge in [0, 0.05) is 5.69 Å². The van der Waals surface area contributed by atoms with Crippen molar-refractivity contribution in [3.63, 3.8) is 0 Å². The Morgan fingerprint density at radius 1 is 0.917 bits per heavy atom. The zero-order valence-corrected chi connectivity index (χ0v) is 12.7. The van der Waals surface area contributed by atoms with Gasteiger partial charge >= 0.3 is 5.97 Å². The molecule has 0 aromatic heterocycles. The molecule has 0 unspecified atom stereocenters. The summed E-state index contributed by atoms with van der Waals surface area (Å²) in [5.41, 5.74) is 5.97. The Morgan fingerprint density at radius 2 is 1.58 bits per heavy atom. The summed E-state index contributed by atoms with van der Waals surface area (Å²) >= 11 is 0. The number of amides is 2. The summed E-state index contributed by atoms with van der Waals surface area (Å²) in [6, 6.07) is 15.0. The average molecular weight is 328 g/mol. The topological polar surface area (TPSA) is 108 Å². The molecule has 0 heterocycles. The molecule has 0 spiro atoms. The van der Waals surface area contributed by atoms with Crippen molar-refractivity contribution in [2.24, 2.45) is 5.73 Å². The predicted octanol–water partition coefficient (Wildman–Crippen LogP) is 1.35. The summed E-state index contributed by atoms with van der Waals surface area (Å²) in [7, 11) is 0. The monoisotopic (exact) mass is 328 g/mol. The zero-order chi connectivity index (χ0) is 17.4. The van der Waals surface area contributed by atoms with Crippen LogP contribution in [0.4, 0.5) is 5.69 Å². The van der Waals surface area contributed by atoms with Gasteiger partial charge in [0.25, 0.3) is 11.8 Å². The van der Waals surface area contributed by atoms with Gasteiger partial charge < -0.3 is 20.5 Å². The Bertz CT molecular complexity index is 731. The molecular weight excluding hydrogens is 312 g/mol. The Balaban J connectivity index is 1.78. The lowest BCUT2D eigenvalue weighted by atomic mass is 10.2. The van der Waals surface area contributed by atoms with E-state index < -0.39 is 31.0 Å². The fourth-order valence-electron chi connectivity index (χ4n) is 1.84. The van der Waals surface area contributed by atoms with Crippen LogP contribution < -0.4 is 15.8 Å². The predicted molar refractivity (Wildman–Crippen MR) is 86.5 cm³/mol. The van der Waals surface area contributed by atoms with Crippen LogP contribution in [0.15, 0.2) is 54.6 Å². The van der Waals surface area contributed by atoms with Crippen molar-refractivity contribution in [3.8, 4) is 5.75 Å². The summed E-state index contributed by atoms with van der Waals surface area (Å²) < 4.78 is 10.0. The summed E-state index contributed by atoms with van der Waals surface area (Å²) in [6.45, 7) is -0.878. The van der Waals surface area contributed by atoms with Gasteiger partial charge in [-0.3, -0.25) is 9.59 Å². The average Bonchev–Trinajstić information content (AvgIpc) is 2.59. The molecule has 0 atom stereocenters. The van der Waals surface area contributed by atoms with Crippen LogP contribution >= 0.6 is 0 Å². The fraction of sp³-hybridized carbons (Fsp3) is 0.118. The van der Waals surface area contributed by atoms with E-state index in [4.69, 9.17) is 15.2 Å². The molecule has 2 aromatic rings. The van der Waals surface area contributed by atoms with E-state index in [2.05, 4.69) is 5.32 Å². The molecule has 0 aliphatic heterocycles. The number of anilines is 1. The summed E-state index contributed by atoms with van der Waals surface area (Å²) in [5.74, 6) is -1.69. The Morgan fingerprint density at radius 3 is 2.29 bits per heavy atom. The van der Waals surface area contributed by atoms with Crippen LogP contribution in [-0.4, -0.2) is 31.0 Å². The number of primary amides is 1. The molecule has 0 fully saturated rings. The highest BCUT2D eigenvalue weighted by Gasteiger charge is 2.12. The van der Waals surface area contributed by atoms with Gasteiger partial charge in [-0.1, -0.05) is 30.3 Å². The Kier molecular flexibility index (Phi) is 5.90. The number of hydrogen-bond donors (Lipinski definition) is 2. The number of rotatable bonds is 7. The van der Waals surface area contributed by atoms with Crippen molar-refractivity contribution in [1.29, 1.82) is 0 Å². The number of ether oxygens (including phenoxy) is 2. The number of hydrogen-bond acceptors (Lipinski definition) is 5. The maximum absolute atomic E-state index is 11.6. The van der Waals surface area contributed by atoms with E-state index in [1.54, 1.807) is 36.4 Å². The fourth-order valence-corrected chi connectivity index (χ4v) is 1.84. The molecule has 2 rings (SSSR count). The highest BCUT2D eigenvalue weighted by Crippen LogP contribution is 2.17. The van der Waals surface area contributed by atoms with E-state index in [0.717, 1.165) is 0 Å². The number of para-hydroxylation sites is 2. The van der Waals surface area contributed by atoms with E-state index in [1.807, 2.05) is 6.07 Å². The second kappa shape index (κ2) is 8.33. The quantitative estimate of drug-likeness (QED) is 0.746. The number of nitrogens with two attached hydrogens (primary N) is 1. The smallest absolute Gasteiger partial charge is 0.344 e. The summed E-state index contributed by atoms with van der Waals surface area (Å²) in [4.78, 5) is 34.5. The van der Waals surface area contributed by atoms with Gasteiger partial charge in [-0.05, 0) is 24.3 Å². The minimum absolute atomic E-state index is 0.159. The molecule has 0 saturated heterocycles. The van der Waals surface area contributed by atoms with Crippen LogP contribution in [0.25, 0.3) is 0 Å². The van der Waals surface area contributed by atoms with E-state index in [-0.39, 0.29) is 11.3 Å². The normalized spacial score (nSPS) is 9.83. The van der Waals surface area contributed by atoms with Crippen molar-refractivity contribution in [2.45, 2.75) is 0 Å². The standard InChI is InChI=1S/C17H16N2O5/c18-17(22)13-8-4-5-9-14(13)23-11-16(21)24-10-15(20)19-12-6-2-1-3-7-12/h1-9H,10-11H2,(H2,18,22)(H,19,20). The van der Waals surface area contributed by atoms with E-state index in [1.165, 1.54) is 12.1 Å². The SMILES string of the molecule is NC(=O)c1ccccc1OCC(=O)OCC(=O)Nc1ccccc1. The summed E-state index contributed by atoms with van der Waals surface area (Å²) in [6.07, 6.45) is 0. The van der Waals surface area contributed by atoms with E-state index in [9.17, 15) is 14.4 Å². The minimum Gasteiger partial charge on any atom is -0.481 e. The molecule has 2 aromatic carbocycles. The Labute approximate surface area is 138 Å². The third-order valence-corrected chi connectivity index (χ3v) is 2.92. The lowest BCUT2D eigenvalue weighted by molar-refractivity contribution is -0.149. The summed E-state index contributed by atoms with van der Waals surface area (Å²) in [5, 5.41) is 2.58. The zero-order valence-electron chi connectivity index (χ0n) is 12.7. The van der Waals surface area contributed by atoms with Gasteiger partial charge in [0.1, 0.15) is 5.75 Å². The number of nitrogens with one attached hydrogen (secondary N) is 1. The first-order chi connectivity index (χ1) is 11.6. The second-order valence-corrected chi connectivity index (χ2v) is 4.72. The molecule has 3 N–H and O–H groups in total.